The van der Waals surface area contributed by atoms with Crippen molar-refractivity contribution in [2.24, 2.45) is 0 Å². The van der Waals surface area contributed by atoms with E-state index in [1.807, 2.05) is 0 Å². The highest BCUT2D eigenvalue weighted by Crippen LogP contribution is 2.25. The molecule has 0 saturated carbocycles. The third-order valence-electron chi connectivity index (χ3n) is 1.71. The average Bonchev–Trinajstić information content (AvgIpc) is 2.29. The van der Waals surface area contributed by atoms with Crippen molar-refractivity contribution in [3.63, 3.8) is 0 Å². The lowest BCUT2D eigenvalue weighted by atomic mass is 10.3. The predicted octanol–water partition coefficient (Wildman–Crippen LogP) is 1.68. The number of amides is 2. The Bertz CT molecular complexity index is 499. The number of hydrogen-bond donors (Lipinski definition) is 2. The number of nitrogens with zero attached hydrogens (tertiary/aromatic N) is 1. The van der Waals surface area contributed by atoms with Crippen LogP contribution in [-0.2, 0) is 9.59 Å². The number of carbonyl (C=O) groups excluding carboxylic acids is 2. The third-order valence-corrected chi connectivity index (χ3v) is 2.52. The van der Waals surface area contributed by atoms with E-state index >= 15 is 0 Å². The molecule has 0 aliphatic rings. The molecule has 1 aromatic rings. The van der Waals surface area contributed by atoms with Gasteiger partial charge in [0, 0.05) is 4.47 Å². The summed E-state index contributed by atoms with van der Waals surface area (Å²) in [6, 6.07) is 6.51. The van der Waals surface area contributed by atoms with Crippen molar-refractivity contribution in [3.8, 4) is 6.07 Å². The third kappa shape index (κ3) is 4.06. The smallest absolute Gasteiger partial charge is 0.313 e. The second-order valence-corrected chi connectivity index (χ2v) is 4.24. The van der Waals surface area contributed by atoms with Gasteiger partial charge in [-0.1, -0.05) is 27.5 Å². The molecule has 17 heavy (non-hydrogen) atoms. The molecule has 0 radical (unpaired) electrons. The van der Waals surface area contributed by atoms with Gasteiger partial charge in [-0.3, -0.25) is 9.59 Å². The van der Waals surface area contributed by atoms with Crippen molar-refractivity contribution in [3.05, 3.63) is 27.7 Å². The summed E-state index contributed by atoms with van der Waals surface area (Å²) >= 11 is 9.07. The average molecular weight is 317 g/mol. The molecule has 1 rings (SSSR count). The summed E-state index contributed by atoms with van der Waals surface area (Å²) in [5.41, 5.74) is 0.326. The molecule has 88 valence electrons. The van der Waals surface area contributed by atoms with Crippen LogP contribution >= 0.6 is 27.5 Å². The van der Waals surface area contributed by atoms with Gasteiger partial charge in [-0.2, -0.15) is 5.26 Å². The van der Waals surface area contributed by atoms with Crippen LogP contribution < -0.4 is 10.6 Å². The first kappa shape index (κ1) is 13.5. The van der Waals surface area contributed by atoms with Crippen molar-refractivity contribution >= 4 is 45.0 Å². The van der Waals surface area contributed by atoms with E-state index in [-0.39, 0.29) is 6.54 Å². The van der Waals surface area contributed by atoms with Crippen LogP contribution in [0.2, 0.25) is 5.02 Å². The molecule has 2 N–H and O–H groups in total. The molecule has 0 aliphatic carbocycles. The van der Waals surface area contributed by atoms with Crippen LogP contribution in [0.3, 0.4) is 0 Å². The standard InChI is InChI=1S/C10H7BrClN3O2/c11-6-1-2-8(7(12)5-6)15-10(17)9(16)14-4-3-13/h1-2,5H,4H2,(H,14,16)(H,15,17). The Hall–Kier alpha value is -1.58. The molecule has 0 aliphatic heterocycles. The van der Waals surface area contributed by atoms with E-state index in [4.69, 9.17) is 16.9 Å². The number of carbonyl (C=O) groups is 2. The van der Waals surface area contributed by atoms with E-state index in [0.29, 0.717) is 10.7 Å². The summed E-state index contributed by atoms with van der Waals surface area (Å²) < 4.78 is 0.759. The largest absolute Gasteiger partial charge is 0.335 e. The molecule has 0 unspecified atom stereocenters. The monoisotopic (exact) mass is 315 g/mol. The topological polar surface area (TPSA) is 82.0 Å². The number of rotatable bonds is 2. The van der Waals surface area contributed by atoms with E-state index in [0.717, 1.165) is 4.47 Å². The fourth-order valence-electron chi connectivity index (χ4n) is 0.970. The van der Waals surface area contributed by atoms with Crippen LogP contribution in [0.15, 0.2) is 22.7 Å². The second-order valence-electron chi connectivity index (χ2n) is 2.92. The maximum Gasteiger partial charge on any atom is 0.313 e. The van der Waals surface area contributed by atoms with E-state index in [1.54, 1.807) is 24.3 Å². The van der Waals surface area contributed by atoms with Gasteiger partial charge in [0.05, 0.1) is 16.8 Å². The molecule has 0 aromatic heterocycles. The van der Waals surface area contributed by atoms with Crippen LogP contribution in [0.1, 0.15) is 0 Å². The van der Waals surface area contributed by atoms with Crippen LogP contribution in [0.4, 0.5) is 5.69 Å². The minimum absolute atomic E-state index is 0.222. The van der Waals surface area contributed by atoms with Crippen LogP contribution in [0.25, 0.3) is 0 Å². The molecule has 7 heteroatoms. The van der Waals surface area contributed by atoms with Crippen molar-refractivity contribution in [2.75, 3.05) is 11.9 Å². The number of anilines is 1. The maximum absolute atomic E-state index is 11.4. The van der Waals surface area contributed by atoms with Gasteiger partial charge in [0.25, 0.3) is 0 Å². The first-order valence-electron chi connectivity index (χ1n) is 4.45. The van der Waals surface area contributed by atoms with Gasteiger partial charge in [-0.25, -0.2) is 0 Å². The summed E-state index contributed by atoms with van der Waals surface area (Å²) in [5, 5.41) is 13.0. The molecule has 0 bridgehead atoms. The number of hydrogen-bond acceptors (Lipinski definition) is 3. The summed E-state index contributed by atoms with van der Waals surface area (Å²) in [5.74, 6) is -1.75. The second kappa shape index (κ2) is 6.23. The van der Waals surface area contributed by atoms with Gasteiger partial charge in [0.2, 0.25) is 0 Å². The summed E-state index contributed by atoms with van der Waals surface area (Å²) in [7, 11) is 0. The Morgan fingerprint density at radius 2 is 2.12 bits per heavy atom. The number of nitriles is 1. The summed E-state index contributed by atoms with van der Waals surface area (Å²) in [6.07, 6.45) is 0. The Balaban J connectivity index is 2.68. The molecule has 0 fully saturated rings. The van der Waals surface area contributed by atoms with Crippen LogP contribution in [0, 0.1) is 11.3 Å². The van der Waals surface area contributed by atoms with Crippen molar-refractivity contribution < 1.29 is 9.59 Å². The molecule has 1 aromatic carbocycles. The first-order valence-corrected chi connectivity index (χ1v) is 5.63. The van der Waals surface area contributed by atoms with Gasteiger partial charge < -0.3 is 10.6 Å². The van der Waals surface area contributed by atoms with Gasteiger partial charge in [0.1, 0.15) is 6.54 Å². The number of benzene rings is 1. The zero-order chi connectivity index (χ0) is 12.8. The van der Waals surface area contributed by atoms with Gasteiger partial charge in [-0.05, 0) is 18.2 Å². The Morgan fingerprint density at radius 3 is 2.71 bits per heavy atom. The van der Waals surface area contributed by atoms with Gasteiger partial charge in [-0.15, -0.1) is 0 Å². The quantitative estimate of drug-likeness (QED) is 0.643. The number of halogens is 2. The van der Waals surface area contributed by atoms with Gasteiger partial charge >= 0.3 is 11.8 Å². The molecule has 5 nitrogen and oxygen atoms in total. The van der Waals surface area contributed by atoms with Crippen molar-refractivity contribution in [2.45, 2.75) is 0 Å². The van der Waals surface area contributed by atoms with E-state index in [1.165, 1.54) is 0 Å². The SMILES string of the molecule is N#CCNC(=O)C(=O)Nc1ccc(Br)cc1Cl. The fraction of sp³-hybridized carbons (Fsp3) is 0.100. The highest BCUT2D eigenvalue weighted by Gasteiger charge is 2.14. The minimum Gasteiger partial charge on any atom is -0.335 e. The fourth-order valence-corrected chi connectivity index (χ4v) is 1.69. The highest BCUT2D eigenvalue weighted by atomic mass is 79.9. The van der Waals surface area contributed by atoms with Crippen LogP contribution in [0.5, 0.6) is 0 Å². The maximum atomic E-state index is 11.4. The zero-order valence-electron chi connectivity index (χ0n) is 8.46. The van der Waals surface area contributed by atoms with Gasteiger partial charge in [0.15, 0.2) is 0 Å². The Morgan fingerprint density at radius 1 is 1.41 bits per heavy atom. The Kier molecular flexibility index (Phi) is 4.94. The summed E-state index contributed by atoms with van der Waals surface area (Å²) in [4.78, 5) is 22.5. The molecular weight excluding hydrogens is 309 g/mol. The van der Waals surface area contributed by atoms with Crippen molar-refractivity contribution in [1.82, 2.24) is 5.32 Å². The lowest BCUT2D eigenvalue weighted by Gasteiger charge is -2.06. The Labute approximate surface area is 111 Å². The van der Waals surface area contributed by atoms with Crippen LogP contribution in [-0.4, -0.2) is 18.4 Å². The minimum atomic E-state index is -0.884. The van der Waals surface area contributed by atoms with Crippen molar-refractivity contribution in [1.29, 1.82) is 5.26 Å². The zero-order valence-corrected chi connectivity index (χ0v) is 10.8. The number of nitrogens with one attached hydrogen (secondary N) is 2. The summed E-state index contributed by atoms with van der Waals surface area (Å²) in [6.45, 7) is -0.222. The first-order chi connectivity index (χ1) is 8.04. The predicted molar refractivity (Wildman–Crippen MR) is 66.4 cm³/mol. The van der Waals surface area contributed by atoms with E-state index in [9.17, 15) is 9.59 Å². The normalized spacial score (nSPS) is 9.24. The lowest BCUT2D eigenvalue weighted by Crippen LogP contribution is -2.35. The molecule has 0 heterocycles. The molecule has 0 atom stereocenters. The van der Waals surface area contributed by atoms with E-state index in [2.05, 4.69) is 26.6 Å². The lowest BCUT2D eigenvalue weighted by molar-refractivity contribution is -0.136. The molecule has 0 spiro atoms. The van der Waals surface area contributed by atoms with E-state index < -0.39 is 11.8 Å². The molecular formula is C10H7BrClN3O2. The molecule has 2 amide bonds. The highest BCUT2D eigenvalue weighted by molar-refractivity contribution is 9.10. The molecule has 0 saturated heterocycles.